The maximum Gasteiger partial charge on any atom is 0.0580 e. The first-order chi connectivity index (χ1) is 8.44. The van der Waals surface area contributed by atoms with Crippen LogP contribution in [0.1, 0.15) is 66.7 Å². The van der Waals surface area contributed by atoms with Crippen molar-refractivity contribution < 1.29 is 4.74 Å². The van der Waals surface area contributed by atoms with E-state index in [2.05, 4.69) is 39.9 Å². The summed E-state index contributed by atoms with van der Waals surface area (Å²) < 4.78 is 5.64. The van der Waals surface area contributed by atoms with Crippen molar-refractivity contribution in [2.45, 2.75) is 78.9 Å². The Morgan fingerprint density at radius 1 is 1.22 bits per heavy atom. The van der Waals surface area contributed by atoms with Gasteiger partial charge in [0.2, 0.25) is 0 Å². The lowest BCUT2D eigenvalue weighted by Gasteiger charge is -2.37. The Hall–Kier alpha value is -0.0800. The van der Waals surface area contributed by atoms with Crippen molar-refractivity contribution in [1.29, 1.82) is 0 Å². The lowest BCUT2D eigenvalue weighted by molar-refractivity contribution is -0.0294. The summed E-state index contributed by atoms with van der Waals surface area (Å²) in [7, 11) is 0. The minimum atomic E-state index is 0.459. The Morgan fingerprint density at radius 3 is 2.39 bits per heavy atom. The zero-order valence-corrected chi connectivity index (χ0v) is 13.1. The molecule has 108 valence electrons. The molecule has 0 aliphatic heterocycles. The van der Waals surface area contributed by atoms with Gasteiger partial charge in [0.05, 0.1) is 6.10 Å². The minimum Gasteiger partial charge on any atom is -0.378 e. The molecule has 1 saturated carbocycles. The van der Waals surface area contributed by atoms with E-state index in [-0.39, 0.29) is 0 Å². The van der Waals surface area contributed by atoms with Crippen molar-refractivity contribution in [2.75, 3.05) is 13.2 Å². The number of hydrogen-bond acceptors (Lipinski definition) is 2. The molecule has 1 rings (SSSR count). The van der Waals surface area contributed by atoms with E-state index in [0.717, 1.165) is 19.1 Å². The van der Waals surface area contributed by atoms with Gasteiger partial charge in [0.15, 0.2) is 0 Å². The van der Waals surface area contributed by atoms with Gasteiger partial charge in [-0.05, 0) is 56.9 Å². The van der Waals surface area contributed by atoms with Crippen LogP contribution in [0.25, 0.3) is 0 Å². The van der Waals surface area contributed by atoms with E-state index < -0.39 is 0 Å². The molecule has 2 heteroatoms. The van der Waals surface area contributed by atoms with Crippen molar-refractivity contribution in [3.8, 4) is 0 Å². The maximum atomic E-state index is 5.64. The molecular formula is C16H33NO. The van der Waals surface area contributed by atoms with Crippen molar-refractivity contribution >= 4 is 0 Å². The molecule has 0 amide bonds. The second-order valence-corrected chi connectivity index (χ2v) is 7.00. The van der Waals surface area contributed by atoms with Crippen molar-refractivity contribution in [3.63, 3.8) is 0 Å². The van der Waals surface area contributed by atoms with Crippen molar-refractivity contribution in [1.82, 2.24) is 5.32 Å². The number of rotatable bonds is 8. The van der Waals surface area contributed by atoms with Crippen molar-refractivity contribution in [2.24, 2.45) is 11.3 Å². The summed E-state index contributed by atoms with van der Waals surface area (Å²) in [6.45, 7) is 13.3. The van der Waals surface area contributed by atoms with E-state index in [0.29, 0.717) is 17.6 Å². The Labute approximate surface area is 114 Å². The Kier molecular flexibility index (Phi) is 6.65. The quantitative estimate of drug-likeness (QED) is 0.708. The van der Waals surface area contributed by atoms with Gasteiger partial charge in [-0.1, -0.05) is 27.7 Å². The highest BCUT2D eigenvalue weighted by molar-refractivity contribution is 4.84. The van der Waals surface area contributed by atoms with Gasteiger partial charge < -0.3 is 10.1 Å². The standard InChI is InChI=1S/C16H33NO/c1-6-17-14(8-9-16(3,4)5)10-13-11-15(12-13)18-7-2/h13-15,17H,6-12H2,1-5H3. The van der Waals surface area contributed by atoms with E-state index in [1.54, 1.807) is 0 Å². The smallest absolute Gasteiger partial charge is 0.0580 e. The van der Waals surface area contributed by atoms with Crippen LogP contribution in [0.5, 0.6) is 0 Å². The lowest BCUT2D eigenvalue weighted by Crippen LogP contribution is -2.38. The Balaban J connectivity index is 2.22. The summed E-state index contributed by atoms with van der Waals surface area (Å²) in [5.41, 5.74) is 0.459. The largest absolute Gasteiger partial charge is 0.378 e. The molecule has 0 heterocycles. The summed E-state index contributed by atoms with van der Waals surface area (Å²) in [5.74, 6) is 0.894. The zero-order chi connectivity index (χ0) is 13.6. The average Bonchev–Trinajstić information content (AvgIpc) is 2.22. The molecule has 0 bridgehead atoms. The highest BCUT2D eigenvalue weighted by Gasteiger charge is 2.31. The number of ether oxygens (including phenoxy) is 1. The third-order valence-electron chi connectivity index (χ3n) is 3.95. The van der Waals surface area contributed by atoms with Crippen LogP contribution < -0.4 is 5.32 Å². The summed E-state index contributed by atoms with van der Waals surface area (Å²) >= 11 is 0. The van der Waals surface area contributed by atoms with Gasteiger partial charge in [-0.25, -0.2) is 0 Å². The Bertz CT molecular complexity index is 216. The van der Waals surface area contributed by atoms with E-state index in [9.17, 15) is 0 Å². The van der Waals surface area contributed by atoms with E-state index in [1.807, 2.05) is 0 Å². The molecular weight excluding hydrogens is 222 g/mol. The monoisotopic (exact) mass is 255 g/mol. The maximum absolute atomic E-state index is 5.64. The summed E-state index contributed by atoms with van der Waals surface area (Å²) in [5, 5.41) is 3.66. The molecule has 2 nitrogen and oxygen atoms in total. The summed E-state index contributed by atoms with van der Waals surface area (Å²) in [6, 6.07) is 0.710. The van der Waals surface area contributed by atoms with Crippen LogP contribution in [0.3, 0.4) is 0 Å². The fraction of sp³-hybridized carbons (Fsp3) is 1.00. The van der Waals surface area contributed by atoms with Crippen molar-refractivity contribution in [3.05, 3.63) is 0 Å². The van der Waals surface area contributed by atoms with Gasteiger partial charge >= 0.3 is 0 Å². The fourth-order valence-electron chi connectivity index (χ4n) is 2.84. The zero-order valence-electron chi connectivity index (χ0n) is 13.1. The number of hydrogen-bond donors (Lipinski definition) is 1. The van der Waals surface area contributed by atoms with E-state index in [4.69, 9.17) is 4.74 Å². The first-order valence-electron chi connectivity index (χ1n) is 7.79. The highest BCUT2D eigenvalue weighted by Crippen LogP contribution is 2.35. The molecule has 0 aromatic rings. The second kappa shape index (κ2) is 7.49. The van der Waals surface area contributed by atoms with Gasteiger partial charge in [-0.3, -0.25) is 0 Å². The molecule has 18 heavy (non-hydrogen) atoms. The molecule has 0 aromatic heterocycles. The minimum absolute atomic E-state index is 0.459. The van der Waals surface area contributed by atoms with E-state index in [1.165, 1.54) is 32.1 Å². The third kappa shape index (κ3) is 6.19. The predicted molar refractivity (Wildman–Crippen MR) is 78.9 cm³/mol. The molecule has 1 atom stereocenters. The van der Waals surface area contributed by atoms with Gasteiger partial charge in [-0.2, -0.15) is 0 Å². The van der Waals surface area contributed by atoms with Crippen LogP contribution in [0.15, 0.2) is 0 Å². The molecule has 1 unspecified atom stereocenters. The normalized spacial score (nSPS) is 25.8. The molecule has 1 aliphatic carbocycles. The van der Waals surface area contributed by atoms with E-state index >= 15 is 0 Å². The number of nitrogens with one attached hydrogen (secondary N) is 1. The molecule has 1 N–H and O–H groups in total. The summed E-state index contributed by atoms with van der Waals surface area (Å²) in [6.07, 6.45) is 7.09. The SMILES string of the molecule is CCNC(CCC(C)(C)C)CC1CC(OCC)C1. The van der Waals surface area contributed by atoms with Crippen LogP contribution in [-0.2, 0) is 4.74 Å². The molecule has 0 saturated heterocycles. The molecule has 0 spiro atoms. The van der Waals surface area contributed by atoms with Crippen LogP contribution in [0.2, 0.25) is 0 Å². The van der Waals surface area contributed by atoms with Crippen LogP contribution in [0, 0.1) is 11.3 Å². The molecule has 1 aliphatic rings. The average molecular weight is 255 g/mol. The van der Waals surface area contributed by atoms with Gasteiger partial charge in [0, 0.05) is 12.6 Å². The fourth-order valence-corrected chi connectivity index (χ4v) is 2.84. The second-order valence-electron chi connectivity index (χ2n) is 7.00. The first kappa shape index (κ1) is 16.0. The van der Waals surface area contributed by atoms with Crippen LogP contribution >= 0.6 is 0 Å². The molecule has 0 radical (unpaired) electrons. The topological polar surface area (TPSA) is 21.3 Å². The third-order valence-corrected chi connectivity index (χ3v) is 3.95. The van der Waals surface area contributed by atoms with Gasteiger partial charge in [0.1, 0.15) is 0 Å². The Morgan fingerprint density at radius 2 is 1.89 bits per heavy atom. The highest BCUT2D eigenvalue weighted by atomic mass is 16.5. The molecule has 0 aromatic carbocycles. The lowest BCUT2D eigenvalue weighted by atomic mass is 9.76. The van der Waals surface area contributed by atoms with Gasteiger partial charge in [-0.15, -0.1) is 0 Å². The van der Waals surface area contributed by atoms with Gasteiger partial charge in [0.25, 0.3) is 0 Å². The predicted octanol–water partition coefficient (Wildman–Crippen LogP) is 4.00. The first-order valence-corrected chi connectivity index (χ1v) is 7.79. The van der Waals surface area contributed by atoms with Crippen LogP contribution in [0.4, 0.5) is 0 Å². The molecule has 1 fully saturated rings. The van der Waals surface area contributed by atoms with Crippen LogP contribution in [-0.4, -0.2) is 25.3 Å². The summed E-state index contributed by atoms with van der Waals surface area (Å²) in [4.78, 5) is 0.